The van der Waals surface area contributed by atoms with Crippen LogP contribution in [-0.2, 0) is 12.7 Å². The predicted octanol–water partition coefficient (Wildman–Crippen LogP) is 5.34. The molecule has 1 nitrogen and oxygen atoms in total. The van der Waals surface area contributed by atoms with Gasteiger partial charge in [0.25, 0.3) is 0 Å². The molecular formula is C13H11ClF3NS. The average molecular weight is 306 g/mol. The van der Waals surface area contributed by atoms with Gasteiger partial charge in [0.15, 0.2) is 0 Å². The second-order valence-electron chi connectivity index (χ2n) is 4.06. The van der Waals surface area contributed by atoms with Gasteiger partial charge in [-0.2, -0.15) is 13.2 Å². The standard InChI is InChI=1S/C13H11ClF3NS/c1-8-2-4-10(19-8)7-18-12-5-3-9(6-11(12)14)13(15,16)17/h2-6,18H,7H2,1H3. The fraction of sp³-hybridized carbons (Fsp3) is 0.231. The zero-order chi connectivity index (χ0) is 14.0. The van der Waals surface area contributed by atoms with E-state index in [1.54, 1.807) is 11.3 Å². The van der Waals surface area contributed by atoms with Gasteiger partial charge in [-0.1, -0.05) is 11.6 Å². The summed E-state index contributed by atoms with van der Waals surface area (Å²) in [4.78, 5) is 2.30. The van der Waals surface area contributed by atoms with Gasteiger partial charge in [-0.3, -0.25) is 0 Å². The summed E-state index contributed by atoms with van der Waals surface area (Å²) in [6, 6.07) is 7.28. The van der Waals surface area contributed by atoms with Gasteiger partial charge in [0.05, 0.1) is 16.3 Å². The van der Waals surface area contributed by atoms with Gasteiger partial charge in [0, 0.05) is 16.3 Å². The first-order valence-corrected chi connectivity index (χ1v) is 6.71. The summed E-state index contributed by atoms with van der Waals surface area (Å²) < 4.78 is 37.4. The maximum absolute atomic E-state index is 12.5. The number of thiophene rings is 1. The maximum Gasteiger partial charge on any atom is 0.416 e. The van der Waals surface area contributed by atoms with Crippen molar-refractivity contribution in [3.05, 3.63) is 50.7 Å². The highest BCUT2D eigenvalue weighted by molar-refractivity contribution is 7.11. The van der Waals surface area contributed by atoms with Crippen molar-refractivity contribution in [1.82, 2.24) is 0 Å². The van der Waals surface area contributed by atoms with Crippen molar-refractivity contribution in [3.8, 4) is 0 Å². The van der Waals surface area contributed by atoms with Crippen LogP contribution in [0.2, 0.25) is 5.02 Å². The fourth-order valence-electron chi connectivity index (χ4n) is 1.60. The summed E-state index contributed by atoms with van der Waals surface area (Å²) in [7, 11) is 0. The lowest BCUT2D eigenvalue weighted by Crippen LogP contribution is -2.05. The van der Waals surface area contributed by atoms with Crippen molar-refractivity contribution in [2.75, 3.05) is 5.32 Å². The number of hydrogen-bond donors (Lipinski definition) is 1. The summed E-state index contributed by atoms with van der Waals surface area (Å²) in [5.74, 6) is 0. The molecule has 0 unspecified atom stereocenters. The Bertz CT molecular complexity index is 578. The molecule has 102 valence electrons. The molecule has 0 amide bonds. The zero-order valence-electron chi connectivity index (χ0n) is 10.0. The third-order valence-electron chi connectivity index (χ3n) is 2.55. The average Bonchev–Trinajstić information content (AvgIpc) is 2.72. The summed E-state index contributed by atoms with van der Waals surface area (Å²) in [6.07, 6.45) is -4.37. The molecule has 1 heterocycles. The Balaban J connectivity index is 2.09. The molecule has 0 aliphatic rings. The van der Waals surface area contributed by atoms with Crippen molar-refractivity contribution in [2.45, 2.75) is 19.6 Å². The summed E-state index contributed by atoms with van der Waals surface area (Å²) in [5, 5.41) is 3.10. The highest BCUT2D eigenvalue weighted by Gasteiger charge is 2.30. The van der Waals surface area contributed by atoms with E-state index in [-0.39, 0.29) is 5.02 Å². The Labute approximate surface area is 118 Å². The van der Waals surface area contributed by atoms with Crippen LogP contribution in [0.5, 0.6) is 0 Å². The second-order valence-corrected chi connectivity index (χ2v) is 5.84. The van der Waals surface area contributed by atoms with Crippen molar-refractivity contribution in [3.63, 3.8) is 0 Å². The van der Waals surface area contributed by atoms with E-state index in [2.05, 4.69) is 5.32 Å². The first kappa shape index (κ1) is 14.2. The zero-order valence-corrected chi connectivity index (χ0v) is 11.6. The Morgan fingerprint density at radius 1 is 1.21 bits per heavy atom. The molecule has 2 rings (SSSR count). The van der Waals surface area contributed by atoms with Crippen molar-refractivity contribution in [2.24, 2.45) is 0 Å². The van der Waals surface area contributed by atoms with Gasteiger partial charge in [0.2, 0.25) is 0 Å². The molecule has 19 heavy (non-hydrogen) atoms. The molecule has 0 fully saturated rings. The van der Waals surface area contributed by atoms with Crippen molar-refractivity contribution in [1.29, 1.82) is 0 Å². The number of rotatable bonds is 3. The van der Waals surface area contributed by atoms with E-state index >= 15 is 0 Å². The molecule has 0 aliphatic carbocycles. The normalized spacial score (nSPS) is 11.6. The van der Waals surface area contributed by atoms with E-state index in [1.165, 1.54) is 10.9 Å². The molecule has 0 bridgehead atoms. The predicted molar refractivity (Wildman–Crippen MR) is 72.8 cm³/mol. The minimum Gasteiger partial charge on any atom is -0.379 e. The highest BCUT2D eigenvalue weighted by atomic mass is 35.5. The number of anilines is 1. The number of halogens is 4. The number of nitrogens with one attached hydrogen (secondary N) is 1. The quantitative estimate of drug-likeness (QED) is 0.807. The van der Waals surface area contributed by atoms with Gasteiger partial charge in [-0.05, 0) is 37.3 Å². The molecule has 1 aromatic carbocycles. The number of benzene rings is 1. The lowest BCUT2D eigenvalue weighted by atomic mass is 10.2. The van der Waals surface area contributed by atoms with Crippen LogP contribution in [0.4, 0.5) is 18.9 Å². The van der Waals surface area contributed by atoms with Crippen molar-refractivity contribution >= 4 is 28.6 Å². The smallest absolute Gasteiger partial charge is 0.379 e. The minimum absolute atomic E-state index is 0.0723. The van der Waals surface area contributed by atoms with Gasteiger partial charge in [-0.25, -0.2) is 0 Å². The summed E-state index contributed by atoms with van der Waals surface area (Å²) >= 11 is 7.48. The first-order chi connectivity index (χ1) is 8.86. The van der Waals surface area contributed by atoms with E-state index < -0.39 is 11.7 Å². The molecule has 0 spiro atoms. The topological polar surface area (TPSA) is 12.0 Å². The molecule has 1 aromatic heterocycles. The van der Waals surface area contributed by atoms with E-state index in [0.717, 1.165) is 17.0 Å². The number of alkyl halides is 3. The van der Waals surface area contributed by atoms with E-state index in [4.69, 9.17) is 11.6 Å². The van der Waals surface area contributed by atoms with Crippen LogP contribution in [-0.4, -0.2) is 0 Å². The van der Waals surface area contributed by atoms with Crippen LogP contribution < -0.4 is 5.32 Å². The van der Waals surface area contributed by atoms with Gasteiger partial charge in [-0.15, -0.1) is 11.3 Å². The largest absolute Gasteiger partial charge is 0.416 e. The van der Waals surface area contributed by atoms with E-state index in [0.29, 0.717) is 12.2 Å². The van der Waals surface area contributed by atoms with E-state index in [1.807, 2.05) is 19.1 Å². The Morgan fingerprint density at radius 3 is 2.47 bits per heavy atom. The van der Waals surface area contributed by atoms with Crippen LogP contribution >= 0.6 is 22.9 Å². The van der Waals surface area contributed by atoms with E-state index in [9.17, 15) is 13.2 Å². The number of hydrogen-bond acceptors (Lipinski definition) is 2. The Kier molecular flexibility index (Phi) is 4.06. The third kappa shape index (κ3) is 3.64. The molecule has 0 saturated heterocycles. The molecular weight excluding hydrogens is 295 g/mol. The molecule has 0 atom stereocenters. The SMILES string of the molecule is Cc1ccc(CNc2ccc(C(F)(F)F)cc2Cl)s1. The second kappa shape index (κ2) is 5.43. The fourth-order valence-corrected chi connectivity index (χ4v) is 2.67. The maximum atomic E-state index is 12.5. The van der Waals surface area contributed by atoms with Crippen molar-refractivity contribution < 1.29 is 13.2 Å². The Morgan fingerprint density at radius 2 is 1.95 bits per heavy atom. The summed E-state index contributed by atoms with van der Waals surface area (Å²) in [6.45, 7) is 2.54. The first-order valence-electron chi connectivity index (χ1n) is 5.52. The molecule has 0 saturated carbocycles. The van der Waals surface area contributed by atoms with Crippen LogP contribution in [0.15, 0.2) is 30.3 Å². The summed E-state index contributed by atoms with van der Waals surface area (Å²) in [5.41, 5.74) is -0.240. The molecule has 0 radical (unpaired) electrons. The van der Waals surface area contributed by atoms with Crippen LogP contribution in [0.1, 0.15) is 15.3 Å². The lowest BCUT2D eigenvalue weighted by molar-refractivity contribution is -0.137. The van der Waals surface area contributed by atoms with Gasteiger partial charge < -0.3 is 5.32 Å². The third-order valence-corrected chi connectivity index (χ3v) is 3.86. The Hall–Kier alpha value is -1.20. The van der Waals surface area contributed by atoms with Crippen LogP contribution in [0.3, 0.4) is 0 Å². The minimum atomic E-state index is -4.37. The van der Waals surface area contributed by atoms with Crippen LogP contribution in [0, 0.1) is 6.92 Å². The molecule has 1 N–H and O–H groups in total. The van der Waals surface area contributed by atoms with Crippen LogP contribution in [0.25, 0.3) is 0 Å². The lowest BCUT2D eigenvalue weighted by Gasteiger charge is -2.11. The monoisotopic (exact) mass is 305 g/mol. The van der Waals surface area contributed by atoms with Gasteiger partial charge >= 0.3 is 6.18 Å². The molecule has 0 aliphatic heterocycles. The molecule has 2 aromatic rings. The number of aryl methyl sites for hydroxylation is 1. The van der Waals surface area contributed by atoms with Gasteiger partial charge in [0.1, 0.15) is 0 Å². The molecule has 6 heteroatoms. The highest BCUT2D eigenvalue weighted by Crippen LogP contribution is 2.34.